The molecule has 6 rings (SSSR count). The monoisotopic (exact) mass is 485 g/mol. The molecule has 1 unspecified atom stereocenters. The highest BCUT2D eigenvalue weighted by molar-refractivity contribution is 6.00. The second-order valence-corrected chi connectivity index (χ2v) is 9.28. The minimum absolute atomic E-state index is 0.0371. The molecule has 9 nitrogen and oxygen atoms in total. The average molecular weight is 486 g/mol. The number of nitrogens with zero attached hydrogens (tertiary/aromatic N) is 5. The molecule has 0 saturated carbocycles. The number of fused-ring (bicyclic) bond motifs is 1. The van der Waals surface area contributed by atoms with E-state index in [4.69, 9.17) is 9.47 Å². The molecule has 36 heavy (non-hydrogen) atoms. The average Bonchev–Trinajstić information content (AvgIpc) is 3.54. The van der Waals surface area contributed by atoms with Crippen LogP contribution in [0.3, 0.4) is 0 Å². The topological polar surface area (TPSA) is 88.1 Å². The van der Waals surface area contributed by atoms with Gasteiger partial charge in [-0.3, -0.25) is 9.59 Å². The van der Waals surface area contributed by atoms with Crippen molar-refractivity contribution < 1.29 is 19.1 Å². The number of aromatic nitrogens is 2. The number of aryl methyl sites for hydroxylation is 1. The van der Waals surface area contributed by atoms with Gasteiger partial charge in [-0.05, 0) is 19.1 Å². The molecule has 2 aromatic carbocycles. The number of anilines is 2. The molecule has 4 heterocycles. The van der Waals surface area contributed by atoms with E-state index in [1.165, 1.54) is 0 Å². The summed E-state index contributed by atoms with van der Waals surface area (Å²) in [5.74, 6) is 2.54. The van der Waals surface area contributed by atoms with Gasteiger partial charge in [-0.15, -0.1) is 0 Å². The zero-order chi connectivity index (χ0) is 24.6. The molecule has 0 aliphatic carbocycles. The van der Waals surface area contributed by atoms with Gasteiger partial charge in [0.25, 0.3) is 0 Å². The summed E-state index contributed by atoms with van der Waals surface area (Å²) < 4.78 is 10.8. The quantitative estimate of drug-likeness (QED) is 0.562. The summed E-state index contributed by atoms with van der Waals surface area (Å²) in [6.45, 7) is 5.02. The van der Waals surface area contributed by atoms with Crippen molar-refractivity contribution >= 4 is 23.3 Å². The van der Waals surface area contributed by atoms with E-state index in [9.17, 15) is 9.59 Å². The van der Waals surface area contributed by atoms with Crippen LogP contribution in [0.5, 0.6) is 11.5 Å². The van der Waals surface area contributed by atoms with E-state index in [0.29, 0.717) is 44.2 Å². The van der Waals surface area contributed by atoms with E-state index in [1.54, 1.807) is 17.0 Å². The van der Waals surface area contributed by atoms with Gasteiger partial charge in [-0.25, -0.2) is 9.97 Å². The van der Waals surface area contributed by atoms with Crippen LogP contribution >= 0.6 is 0 Å². The predicted octanol–water partition coefficient (Wildman–Crippen LogP) is 2.88. The van der Waals surface area contributed by atoms with Gasteiger partial charge in [-0.2, -0.15) is 0 Å². The van der Waals surface area contributed by atoms with Gasteiger partial charge in [0, 0.05) is 62.5 Å². The smallest absolute Gasteiger partial charge is 0.231 e. The van der Waals surface area contributed by atoms with Crippen LogP contribution in [0.1, 0.15) is 12.2 Å². The van der Waals surface area contributed by atoms with Crippen LogP contribution in [0, 0.1) is 12.8 Å². The molecule has 3 aliphatic heterocycles. The maximum Gasteiger partial charge on any atom is 0.231 e. The number of carbonyl (C=O) groups is 2. The van der Waals surface area contributed by atoms with E-state index in [2.05, 4.69) is 14.9 Å². The van der Waals surface area contributed by atoms with Gasteiger partial charge in [-0.1, -0.05) is 30.3 Å². The Morgan fingerprint density at radius 1 is 0.944 bits per heavy atom. The van der Waals surface area contributed by atoms with Crippen molar-refractivity contribution in [2.75, 3.05) is 49.3 Å². The number of amides is 2. The van der Waals surface area contributed by atoms with Gasteiger partial charge < -0.3 is 24.2 Å². The minimum Gasteiger partial charge on any atom is -0.454 e. The van der Waals surface area contributed by atoms with Gasteiger partial charge >= 0.3 is 0 Å². The predicted molar refractivity (Wildman–Crippen MR) is 134 cm³/mol. The molecule has 0 radical (unpaired) electrons. The van der Waals surface area contributed by atoms with Crippen molar-refractivity contribution in [1.82, 2.24) is 14.9 Å². The van der Waals surface area contributed by atoms with Crippen LogP contribution in [-0.4, -0.2) is 66.2 Å². The normalized spacial score (nSPS) is 19.2. The third-order valence-corrected chi connectivity index (χ3v) is 6.95. The standard InChI is InChI=1S/C27H27N5O4/c1-18-28-22(19-5-3-2-4-6-19)15-25(29-18)30-9-11-31(12-10-30)27(34)20-13-26(33)32(16-20)21-7-8-23-24(14-21)36-17-35-23/h2-8,14-15,20H,9-13,16-17H2,1H3. The molecule has 1 aromatic heterocycles. The van der Waals surface area contributed by atoms with Gasteiger partial charge in [0.05, 0.1) is 11.6 Å². The largest absolute Gasteiger partial charge is 0.454 e. The fraction of sp³-hybridized carbons (Fsp3) is 0.333. The lowest BCUT2D eigenvalue weighted by Gasteiger charge is -2.36. The number of benzene rings is 2. The van der Waals surface area contributed by atoms with Crippen molar-refractivity contribution in [3.63, 3.8) is 0 Å². The van der Waals surface area contributed by atoms with Crippen molar-refractivity contribution in [1.29, 1.82) is 0 Å². The van der Waals surface area contributed by atoms with Crippen LogP contribution in [0.4, 0.5) is 11.5 Å². The third kappa shape index (κ3) is 4.21. The molecular formula is C27H27N5O4. The summed E-state index contributed by atoms with van der Waals surface area (Å²) in [7, 11) is 0. The van der Waals surface area contributed by atoms with Crippen LogP contribution in [0.15, 0.2) is 54.6 Å². The molecule has 0 N–H and O–H groups in total. The Hall–Kier alpha value is -4.14. The van der Waals surface area contributed by atoms with E-state index < -0.39 is 0 Å². The number of hydrogen-bond acceptors (Lipinski definition) is 7. The highest BCUT2D eigenvalue weighted by Crippen LogP contribution is 2.37. The van der Waals surface area contributed by atoms with E-state index >= 15 is 0 Å². The summed E-state index contributed by atoms with van der Waals surface area (Å²) in [5.41, 5.74) is 2.68. The summed E-state index contributed by atoms with van der Waals surface area (Å²) in [6, 6.07) is 17.5. The molecule has 2 amide bonds. The highest BCUT2D eigenvalue weighted by Gasteiger charge is 2.38. The summed E-state index contributed by atoms with van der Waals surface area (Å²) in [5, 5.41) is 0. The molecule has 3 aliphatic rings. The molecule has 2 fully saturated rings. The fourth-order valence-electron chi connectivity index (χ4n) is 5.06. The Morgan fingerprint density at radius 2 is 1.72 bits per heavy atom. The van der Waals surface area contributed by atoms with Crippen LogP contribution < -0.4 is 19.3 Å². The molecule has 9 heteroatoms. The first-order valence-electron chi connectivity index (χ1n) is 12.2. The summed E-state index contributed by atoms with van der Waals surface area (Å²) in [6.07, 6.45) is 0.221. The Bertz CT molecular complexity index is 1310. The first-order chi connectivity index (χ1) is 17.5. The number of ether oxygens (including phenoxy) is 2. The lowest BCUT2D eigenvalue weighted by molar-refractivity contribution is -0.136. The van der Waals surface area contributed by atoms with Gasteiger partial charge in [0.2, 0.25) is 18.6 Å². The zero-order valence-electron chi connectivity index (χ0n) is 20.1. The third-order valence-electron chi connectivity index (χ3n) is 6.95. The fourth-order valence-corrected chi connectivity index (χ4v) is 5.06. The Morgan fingerprint density at radius 3 is 2.53 bits per heavy atom. The number of hydrogen-bond donors (Lipinski definition) is 0. The SMILES string of the molecule is Cc1nc(-c2ccccc2)cc(N2CCN(C(=O)C3CC(=O)N(c4ccc5c(c4)OCO5)C3)CC2)n1. The molecule has 184 valence electrons. The number of rotatable bonds is 4. The summed E-state index contributed by atoms with van der Waals surface area (Å²) in [4.78, 5) is 41.1. The van der Waals surface area contributed by atoms with Crippen LogP contribution in [-0.2, 0) is 9.59 Å². The number of carbonyl (C=O) groups excluding carboxylic acids is 2. The molecule has 0 spiro atoms. The molecule has 2 saturated heterocycles. The highest BCUT2D eigenvalue weighted by atomic mass is 16.7. The second-order valence-electron chi connectivity index (χ2n) is 9.28. The minimum atomic E-state index is -0.347. The Labute approximate surface area is 209 Å². The maximum absolute atomic E-state index is 13.3. The van der Waals surface area contributed by atoms with Crippen molar-refractivity contribution in [3.8, 4) is 22.8 Å². The van der Waals surface area contributed by atoms with Crippen LogP contribution in [0.2, 0.25) is 0 Å². The van der Waals surface area contributed by atoms with Gasteiger partial charge in [0.15, 0.2) is 11.5 Å². The van der Waals surface area contributed by atoms with Gasteiger partial charge in [0.1, 0.15) is 11.6 Å². The van der Waals surface area contributed by atoms with Crippen molar-refractivity contribution in [3.05, 3.63) is 60.4 Å². The van der Waals surface area contributed by atoms with E-state index in [1.807, 2.05) is 54.3 Å². The van der Waals surface area contributed by atoms with E-state index in [-0.39, 0.29) is 30.9 Å². The molecular weight excluding hydrogens is 458 g/mol. The second kappa shape index (κ2) is 9.14. The van der Waals surface area contributed by atoms with Crippen LogP contribution in [0.25, 0.3) is 11.3 Å². The lowest BCUT2D eigenvalue weighted by Crippen LogP contribution is -2.51. The van der Waals surface area contributed by atoms with E-state index in [0.717, 1.165) is 28.6 Å². The summed E-state index contributed by atoms with van der Waals surface area (Å²) >= 11 is 0. The van der Waals surface area contributed by atoms with Crippen molar-refractivity contribution in [2.24, 2.45) is 5.92 Å². The molecule has 1 atom stereocenters. The zero-order valence-corrected chi connectivity index (χ0v) is 20.1. The Balaban J connectivity index is 1.10. The number of piperazine rings is 1. The first kappa shape index (κ1) is 22.3. The molecule has 0 bridgehead atoms. The first-order valence-corrected chi connectivity index (χ1v) is 12.2. The lowest BCUT2D eigenvalue weighted by atomic mass is 10.1. The Kier molecular flexibility index (Phi) is 5.67. The maximum atomic E-state index is 13.3. The molecule has 3 aromatic rings. The van der Waals surface area contributed by atoms with Crippen molar-refractivity contribution in [2.45, 2.75) is 13.3 Å².